The van der Waals surface area contributed by atoms with Gasteiger partial charge in [0.15, 0.2) is 0 Å². The van der Waals surface area contributed by atoms with E-state index in [-0.39, 0.29) is 16.2 Å². The van der Waals surface area contributed by atoms with E-state index in [2.05, 4.69) is 305 Å². The van der Waals surface area contributed by atoms with Crippen molar-refractivity contribution in [3.8, 4) is 33.4 Å². The van der Waals surface area contributed by atoms with Crippen molar-refractivity contribution in [1.29, 1.82) is 0 Å². The molecule has 6 aliphatic rings. The molecule has 8 aromatic carbocycles. The molecule has 6 aliphatic carbocycles. The van der Waals surface area contributed by atoms with Gasteiger partial charge in [0.05, 0.1) is 5.41 Å². The number of fused-ring (bicyclic) bond motifs is 6. The molecule has 3 unspecified atom stereocenters. The van der Waals surface area contributed by atoms with E-state index in [4.69, 9.17) is 0 Å². The van der Waals surface area contributed by atoms with Crippen LogP contribution in [0.4, 0.5) is 0 Å². The summed E-state index contributed by atoms with van der Waals surface area (Å²) in [6, 6.07) is 71.0. The highest BCUT2D eigenvalue weighted by Crippen LogP contribution is 2.60. The first-order valence-electron chi connectivity index (χ1n) is 32.1. The second-order valence-electron chi connectivity index (χ2n) is 27.0. The van der Waals surface area contributed by atoms with E-state index >= 15 is 0 Å². The van der Waals surface area contributed by atoms with E-state index in [1.807, 2.05) is 12.2 Å². The fraction of sp³-hybridized carbons (Fsp3) is 0.267. The van der Waals surface area contributed by atoms with Crippen LogP contribution in [0, 0.1) is 18.8 Å². The molecule has 0 heteroatoms. The van der Waals surface area contributed by atoms with E-state index in [1.165, 1.54) is 150 Å². The standard InChI is InChI=1S/C65H56.C14H16.C7H14/c1-62(2,3)51-34-36-53(37-35-51)65(52-32-30-49(31-33-52)47-17-10-7-8-11-18-47)58-24-16-21-54(50-28-26-48(27-29-50)46-19-12-9-13-20-46)61(58)55-38-25-44(42-59(55)65)41-45-39-40-64(6)57-23-15-14-22-56(57)63(4,5)60(64)43-45;1-11-7-9-13(10-8-11)14-6-4-3-5-12(14)2;1-2-4-7-5-3-6-7/h7-10,12-39,42-43H,40-41H2,1-6H3;3-7,9-11H,8H2,1-2H3;7H,2-6H2,1H3. The van der Waals surface area contributed by atoms with Crippen molar-refractivity contribution in [2.24, 2.45) is 11.8 Å². The number of benzene rings is 8. The maximum absolute atomic E-state index is 3.33. The second-order valence-corrected chi connectivity index (χ2v) is 27.0. The Hall–Kier alpha value is -8.28. The highest BCUT2D eigenvalue weighted by Gasteiger charge is 2.50. The molecule has 0 radical (unpaired) electrons. The van der Waals surface area contributed by atoms with Crippen molar-refractivity contribution >= 4 is 11.1 Å². The molecule has 0 aromatic heterocycles. The summed E-state index contributed by atoms with van der Waals surface area (Å²) in [5.74, 6) is 1.83. The van der Waals surface area contributed by atoms with Gasteiger partial charge < -0.3 is 0 Å². The number of aryl methyl sites for hydroxylation is 1. The smallest absolute Gasteiger partial charge is 0.0713 e. The molecule has 0 saturated heterocycles. The monoisotopic (exact) mass is 1120 g/mol. The van der Waals surface area contributed by atoms with Gasteiger partial charge in [0.25, 0.3) is 0 Å². The molecule has 0 amide bonds. The number of hydrogen-bond acceptors (Lipinski definition) is 0. The fourth-order valence-electron chi connectivity index (χ4n) is 14.8. The van der Waals surface area contributed by atoms with Crippen LogP contribution in [0.2, 0.25) is 0 Å². The number of hydrogen-bond donors (Lipinski definition) is 0. The van der Waals surface area contributed by atoms with Gasteiger partial charge in [-0.25, -0.2) is 0 Å². The van der Waals surface area contributed by atoms with Gasteiger partial charge in [0.2, 0.25) is 0 Å². The van der Waals surface area contributed by atoms with Crippen LogP contribution in [0.3, 0.4) is 0 Å². The van der Waals surface area contributed by atoms with Crippen molar-refractivity contribution in [2.75, 3.05) is 0 Å². The predicted octanol–water partition coefficient (Wildman–Crippen LogP) is 23.0. The fourth-order valence-corrected chi connectivity index (χ4v) is 14.8. The van der Waals surface area contributed by atoms with Crippen LogP contribution in [0.25, 0.3) is 44.5 Å². The summed E-state index contributed by atoms with van der Waals surface area (Å²) in [7, 11) is 0. The molecule has 0 bridgehead atoms. The molecule has 14 rings (SSSR count). The molecular weight excluding hydrogens is 1030 g/mol. The average Bonchev–Trinajstić information content (AvgIpc) is 1.55. The quantitative estimate of drug-likeness (QED) is 0.120. The Bertz CT molecular complexity index is 4050. The molecule has 0 N–H and O–H groups in total. The zero-order valence-corrected chi connectivity index (χ0v) is 52.5. The first-order valence-corrected chi connectivity index (χ1v) is 32.1. The van der Waals surface area contributed by atoms with Gasteiger partial charge in [-0.05, 0) is 172 Å². The molecule has 430 valence electrons. The Balaban J connectivity index is 0.000000289. The Kier molecular flexibility index (Phi) is 16.4. The van der Waals surface area contributed by atoms with E-state index in [0.29, 0.717) is 5.92 Å². The first-order chi connectivity index (χ1) is 41.7. The Morgan fingerprint density at radius 1 is 0.581 bits per heavy atom. The topological polar surface area (TPSA) is 0 Å². The number of rotatable bonds is 10. The zero-order chi connectivity index (χ0) is 59.6. The maximum Gasteiger partial charge on any atom is 0.0713 e. The van der Waals surface area contributed by atoms with Crippen LogP contribution in [-0.2, 0) is 28.1 Å². The third-order valence-corrected chi connectivity index (χ3v) is 19.8. The average molecular weight is 1120 g/mol. The SMILES string of the molecule is CC(C)(C)c1ccc(C2(c3ccc(C4=CC=CC=C=C4)cc3)c3cc(CC4=CCC5(C)C(=C4)C(C)(C)c4ccccc45)ccc3-c3c(-c4ccc(-c5ccccc5)cc4)cccc32)cc1.CCCC1CCC1.Cc1ccccc1C1=CCC(C)C=C1. The highest BCUT2D eigenvalue weighted by molar-refractivity contribution is 5.96. The molecule has 1 fully saturated rings. The third-order valence-electron chi connectivity index (χ3n) is 19.8. The molecule has 0 aliphatic heterocycles. The lowest BCUT2D eigenvalue weighted by molar-refractivity contribution is 0.294. The van der Waals surface area contributed by atoms with Crippen molar-refractivity contribution in [3.63, 3.8) is 0 Å². The Labute approximate surface area is 515 Å². The van der Waals surface area contributed by atoms with Crippen molar-refractivity contribution < 1.29 is 0 Å². The van der Waals surface area contributed by atoms with Crippen LogP contribution in [0.15, 0.2) is 266 Å². The van der Waals surface area contributed by atoms with Crippen LogP contribution < -0.4 is 0 Å². The van der Waals surface area contributed by atoms with Crippen molar-refractivity contribution in [3.05, 3.63) is 327 Å². The molecule has 8 aromatic rings. The third kappa shape index (κ3) is 11.1. The van der Waals surface area contributed by atoms with E-state index in [9.17, 15) is 0 Å². The van der Waals surface area contributed by atoms with E-state index < -0.39 is 5.41 Å². The first kappa shape index (κ1) is 58.1. The minimum Gasteiger partial charge on any atom is -0.120 e. The van der Waals surface area contributed by atoms with Gasteiger partial charge in [0, 0.05) is 10.8 Å². The molecule has 0 nitrogen and oxygen atoms in total. The Morgan fingerprint density at radius 2 is 1.23 bits per heavy atom. The number of allylic oxidation sites excluding steroid dienone is 13. The predicted molar refractivity (Wildman–Crippen MR) is 369 cm³/mol. The highest BCUT2D eigenvalue weighted by atomic mass is 14.5. The maximum atomic E-state index is 3.33. The van der Waals surface area contributed by atoms with Crippen LogP contribution in [0.1, 0.15) is 162 Å². The molecule has 3 atom stereocenters. The van der Waals surface area contributed by atoms with Gasteiger partial charge in [-0.1, -0.05) is 324 Å². The van der Waals surface area contributed by atoms with Gasteiger partial charge in [0.1, 0.15) is 0 Å². The minimum atomic E-state index is -0.573. The summed E-state index contributed by atoms with van der Waals surface area (Å²) in [4.78, 5) is 0. The molecule has 1 saturated carbocycles. The lowest BCUT2D eigenvalue weighted by Gasteiger charge is -2.35. The second kappa shape index (κ2) is 24.2. The van der Waals surface area contributed by atoms with Gasteiger partial charge in [-0.2, -0.15) is 0 Å². The van der Waals surface area contributed by atoms with Crippen molar-refractivity contribution in [2.45, 2.75) is 135 Å². The summed E-state index contributed by atoms with van der Waals surface area (Å²) in [6.45, 7) is 20.9. The molecule has 0 heterocycles. The normalized spacial score (nSPS) is 20.2. The van der Waals surface area contributed by atoms with Crippen LogP contribution in [-0.4, -0.2) is 0 Å². The molecular formula is C86H86. The molecule has 0 spiro atoms. The van der Waals surface area contributed by atoms with Gasteiger partial charge in [-0.15, -0.1) is 5.73 Å². The minimum absolute atomic E-state index is 0.0180. The summed E-state index contributed by atoms with van der Waals surface area (Å²) in [5.41, 5.74) is 30.6. The van der Waals surface area contributed by atoms with Crippen LogP contribution in [0.5, 0.6) is 0 Å². The van der Waals surface area contributed by atoms with Crippen molar-refractivity contribution in [1.82, 2.24) is 0 Å². The lowest BCUT2D eigenvalue weighted by atomic mass is 9.66. The summed E-state index contributed by atoms with van der Waals surface area (Å²) in [5, 5.41) is 0. The summed E-state index contributed by atoms with van der Waals surface area (Å²) < 4.78 is 0. The van der Waals surface area contributed by atoms with E-state index in [0.717, 1.165) is 24.3 Å². The largest absolute Gasteiger partial charge is 0.120 e. The molecule has 86 heavy (non-hydrogen) atoms. The van der Waals surface area contributed by atoms with Crippen LogP contribution >= 0.6 is 0 Å². The Morgan fingerprint density at radius 3 is 1.91 bits per heavy atom. The summed E-state index contributed by atoms with van der Waals surface area (Å²) >= 11 is 0. The van der Waals surface area contributed by atoms with E-state index in [1.54, 1.807) is 0 Å². The van der Waals surface area contributed by atoms with Gasteiger partial charge >= 0.3 is 0 Å². The van der Waals surface area contributed by atoms with Gasteiger partial charge in [-0.3, -0.25) is 0 Å². The zero-order valence-electron chi connectivity index (χ0n) is 52.5. The summed E-state index contributed by atoms with van der Waals surface area (Å²) in [6.07, 6.45) is 32.8. The lowest BCUT2D eigenvalue weighted by Crippen LogP contribution is -2.29.